The Balaban J connectivity index is 1.62. The number of aliphatic hydroxyl groups is 1. The molecule has 1 N–H and O–H groups in total. The molecule has 1 saturated heterocycles. The second kappa shape index (κ2) is 8.32. The van der Waals surface area contributed by atoms with Crippen LogP contribution in [-0.2, 0) is 28.2 Å². The molecule has 2 heterocycles. The number of amides is 1. The lowest BCUT2D eigenvalue weighted by atomic mass is 9.61. The third kappa shape index (κ3) is 3.26. The normalized spacial score (nSPS) is 23.0. The molecule has 3 aromatic rings. The molecule has 2 aliphatic rings. The van der Waals surface area contributed by atoms with Crippen molar-refractivity contribution in [3.8, 4) is 0 Å². The number of para-hydroxylation sites is 1. The minimum atomic E-state index is -0.751. The SMILES string of the molecule is CC1(C)C(=O)N(OCc2ccccc2)[C@@H]2N(Cc3ccccc3)c3ccccc3[C@@]21CCO. The zero-order chi connectivity index (χ0) is 23.1. The van der Waals surface area contributed by atoms with E-state index in [4.69, 9.17) is 4.84 Å². The first kappa shape index (κ1) is 21.7. The molecule has 1 amide bonds. The molecule has 0 unspecified atom stereocenters. The van der Waals surface area contributed by atoms with Gasteiger partial charge >= 0.3 is 0 Å². The molecule has 5 nitrogen and oxygen atoms in total. The number of nitrogens with zero attached hydrogens (tertiary/aromatic N) is 2. The van der Waals surface area contributed by atoms with E-state index in [1.807, 2.05) is 74.5 Å². The van der Waals surface area contributed by atoms with Crippen molar-refractivity contribution >= 4 is 11.6 Å². The van der Waals surface area contributed by atoms with Crippen molar-refractivity contribution in [3.63, 3.8) is 0 Å². The van der Waals surface area contributed by atoms with E-state index in [9.17, 15) is 9.90 Å². The van der Waals surface area contributed by atoms with Crippen molar-refractivity contribution < 1.29 is 14.7 Å². The quantitative estimate of drug-likeness (QED) is 0.579. The first-order chi connectivity index (χ1) is 16.0. The van der Waals surface area contributed by atoms with Crippen molar-refractivity contribution in [1.29, 1.82) is 0 Å². The van der Waals surface area contributed by atoms with E-state index >= 15 is 0 Å². The lowest BCUT2D eigenvalue weighted by Gasteiger charge is -2.40. The summed E-state index contributed by atoms with van der Waals surface area (Å²) >= 11 is 0. The van der Waals surface area contributed by atoms with Gasteiger partial charge in [0.05, 0.1) is 10.8 Å². The largest absolute Gasteiger partial charge is 0.396 e. The Morgan fingerprint density at radius 1 is 0.879 bits per heavy atom. The molecule has 33 heavy (non-hydrogen) atoms. The average Bonchev–Trinajstić information content (AvgIpc) is 3.20. The van der Waals surface area contributed by atoms with Gasteiger partial charge in [0.15, 0.2) is 0 Å². The number of carbonyl (C=O) groups excluding carboxylic acids is 1. The van der Waals surface area contributed by atoms with Gasteiger partial charge in [-0.05, 0) is 43.0 Å². The van der Waals surface area contributed by atoms with E-state index < -0.39 is 10.8 Å². The maximum atomic E-state index is 13.8. The van der Waals surface area contributed by atoms with Crippen molar-refractivity contribution in [1.82, 2.24) is 5.06 Å². The number of rotatable bonds is 7. The van der Waals surface area contributed by atoms with E-state index in [0.29, 0.717) is 19.6 Å². The number of benzene rings is 3. The molecule has 3 aromatic carbocycles. The molecule has 0 radical (unpaired) electrons. The van der Waals surface area contributed by atoms with Crippen LogP contribution < -0.4 is 4.90 Å². The van der Waals surface area contributed by atoms with Crippen LogP contribution in [0.1, 0.15) is 37.0 Å². The highest BCUT2D eigenvalue weighted by atomic mass is 16.7. The van der Waals surface area contributed by atoms with Crippen LogP contribution in [0.25, 0.3) is 0 Å². The van der Waals surface area contributed by atoms with E-state index in [0.717, 1.165) is 22.4 Å². The van der Waals surface area contributed by atoms with Gasteiger partial charge in [0.25, 0.3) is 5.91 Å². The highest BCUT2D eigenvalue weighted by Crippen LogP contribution is 2.62. The number of anilines is 1. The summed E-state index contributed by atoms with van der Waals surface area (Å²) in [6, 6.07) is 28.5. The van der Waals surface area contributed by atoms with Crippen LogP contribution in [0, 0.1) is 5.41 Å². The number of fused-ring (bicyclic) bond motifs is 3. The predicted octanol–water partition coefficient (Wildman–Crippen LogP) is 4.65. The number of carbonyl (C=O) groups is 1. The topological polar surface area (TPSA) is 53.0 Å². The second-order valence-electron chi connectivity index (χ2n) is 9.46. The zero-order valence-corrected chi connectivity index (χ0v) is 19.1. The first-order valence-electron chi connectivity index (χ1n) is 11.5. The molecule has 1 fully saturated rings. The van der Waals surface area contributed by atoms with Crippen molar-refractivity contribution in [2.75, 3.05) is 11.5 Å². The molecule has 0 aromatic heterocycles. The van der Waals surface area contributed by atoms with E-state index in [1.165, 1.54) is 0 Å². The van der Waals surface area contributed by atoms with Crippen LogP contribution in [-0.4, -0.2) is 28.8 Å². The summed E-state index contributed by atoms with van der Waals surface area (Å²) < 4.78 is 0. The van der Waals surface area contributed by atoms with Gasteiger partial charge < -0.3 is 10.0 Å². The zero-order valence-electron chi connectivity index (χ0n) is 19.1. The Morgan fingerprint density at radius 3 is 2.15 bits per heavy atom. The van der Waals surface area contributed by atoms with Crippen LogP contribution in [0.2, 0.25) is 0 Å². The summed E-state index contributed by atoms with van der Waals surface area (Å²) in [7, 11) is 0. The molecule has 0 spiro atoms. The van der Waals surface area contributed by atoms with Crippen molar-refractivity contribution in [3.05, 3.63) is 102 Å². The summed E-state index contributed by atoms with van der Waals surface area (Å²) in [4.78, 5) is 22.4. The molecule has 2 atom stereocenters. The molecule has 5 heteroatoms. The van der Waals surface area contributed by atoms with E-state index in [-0.39, 0.29) is 18.7 Å². The van der Waals surface area contributed by atoms with Crippen LogP contribution in [0.3, 0.4) is 0 Å². The summed E-state index contributed by atoms with van der Waals surface area (Å²) in [6.45, 7) is 4.93. The maximum Gasteiger partial charge on any atom is 0.254 e. The van der Waals surface area contributed by atoms with Gasteiger partial charge in [-0.3, -0.25) is 9.63 Å². The fourth-order valence-electron chi connectivity index (χ4n) is 5.75. The highest BCUT2D eigenvalue weighted by Gasteiger charge is 2.70. The van der Waals surface area contributed by atoms with Gasteiger partial charge in [0, 0.05) is 18.8 Å². The Kier molecular flexibility index (Phi) is 5.47. The monoisotopic (exact) mass is 442 g/mol. The Bertz CT molecular complexity index is 1130. The van der Waals surface area contributed by atoms with Gasteiger partial charge in [-0.25, -0.2) is 0 Å². The molecule has 2 aliphatic heterocycles. The van der Waals surface area contributed by atoms with E-state index in [2.05, 4.69) is 29.2 Å². The van der Waals surface area contributed by atoms with Crippen LogP contribution >= 0.6 is 0 Å². The molecular formula is C28H30N2O3. The molecule has 170 valence electrons. The van der Waals surface area contributed by atoms with Gasteiger partial charge in [-0.15, -0.1) is 0 Å². The maximum absolute atomic E-state index is 13.8. The third-order valence-electron chi connectivity index (χ3n) is 7.42. The number of hydroxylamine groups is 2. The average molecular weight is 443 g/mol. The number of hydrogen-bond donors (Lipinski definition) is 1. The van der Waals surface area contributed by atoms with Crippen LogP contribution in [0.15, 0.2) is 84.9 Å². The smallest absolute Gasteiger partial charge is 0.254 e. The molecule has 0 saturated carbocycles. The van der Waals surface area contributed by atoms with Crippen molar-refractivity contribution in [2.24, 2.45) is 5.41 Å². The summed E-state index contributed by atoms with van der Waals surface area (Å²) in [6.07, 6.45) is 0.123. The Hall–Kier alpha value is -3.15. The third-order valence-corrected chi connectivity index (χ3v) is 7.42. The molecule has 0 bridgehead atoms. The lowest BCUT2D eigenvalue weighted by Crippen LogP contribution is -2.52. The molecule has 5 rings (SSSR count). The fourth-order valence-corrected chi connectivity index (χ4v) is 5.75. The van der Waals surface area contributed by atoms with Crippen molar-refractivity contribution in [2.45, 2.75) is 45.0 Å². The van der Waals surface area contributed by atoms with Crippen LogP contribution in [0.5, 0.6) is 0 Å². The van der Waals surface area contributed by atoms with Crippen LogP contribution in [0.4, 0.5) is 5.69 Å². The van der Waals surface area contributed by atoms with Gasteiger partial charge in [-0.2, -0.15) is 5.06 Å². The van der Waals surface area contributed by atoms with Gasteiger partial charge in [-0.1, -0.05) is 78.9 Å². The first-order valence-corrected chi connectivity index (χ1v) is 11.5. The highest BCUT2D eigenvalue weighted by molar-refractivity contribution is 5.90. The fraction of sp³-hybridized carbons (Fsp3) is 0.321. The summed E-state index contributed by atoms with van der Waals surface area (Å²) in [5.41, 5.74) is 3.01. The summed E-state index contributed by atoms with van der Waals surface area (Å²) in [5, 5.41) is 11.8. The summed E-state index contributed by atoms with van der Waals surface area (Å²) in [5.74, 6) is -0.0514. The van der Waals surface area contributed by atoms with E-state index in [1.54, 1.807) is 5.06 Å². The predicted molar refractivity (Wildman–Crippen MR) is 128 cm³/mol. The minimum Gasteiger partial charge on any atom is -0.396 e. The Labute approximate surface area is 195 Å². The van der Waals surface area contributed by atoms with Gasteiger partial charge in [0.1, 0.15) is 12.8 Å². The Morgan fingerprint density at radius 2 is 1.48 bits per heavy atom. The molecule has 0 aliphatic carbocycles. The number of hydrogen-bond acceptors (Lipinski definition) is 4. The van der Waals surface area contributed by atoms with Gasteiger partial charge in [0.2, 0.25) is 0 Å². The molecular weight excluding hydrogens is 412 g/mol. The standard InChI is InChI=1S/C28H30N2O3/c1-27(2)26(32)30(33-20-22-13-7-4-8-14-22)25-28(27,17-18-31)23-15-9-10-16-24(23)29(25)19-21-11-5-3-6-12-21/h3-16,25,31H,17-20H2,1-2H3/t25-,28-/m0/s1. The number of aliphatic hydroxyl groups excluding tert-OH is 1. The lowest BCUT2D eigenvalue weighted by molar-refractivity contribution is -0.199. The second-order valence-corrected chi connectivity index (χ2v) is 9.46. The minimum absolute atomic E-state index is 0.00670.